The zero-order valence-electron chi connectivity index (χ0n) is 17.3. The number of nitrogens with zero attached hydrogens (tertiary/aromatic N) is 4. The van der Waals surface area contributed by atoms with Crippen molar-refractivity contribution in [2.45, 2.75) is 32.4 Å². The van der Waals surface area contributed by atoms with Crippen molar-refractivity contribution in [3.63, 3.8) is 0 Å². The third-order valence-corrected chi connectivity index (χ3v) is 6.13. The molecular weight excluding hydrogens is 393 g/mol. The summed E-state index contributed by atoms with van der Waals surface area (Å²) in [6.07, 6.45) is 6.74. The molecule has 1 saturated heterocycles. The molecular formula is C24H24FN5O. The summed E-state index contributed by atoms with van der Waals surface area (Å²) in [6, 6.07) is 12.7. The molecule has 2 atom stereocenters. The van der Waals surface area contributed by atoms with Gasteiger partial charge in [0.2, 0.25) is 5.91 Å². The van der Waals surface area contributed by atoms with Gasteiger partial charge in [-0.05, 0) is 54.7 Å². The number of halogens is 1. The highest BCUT2D eigenvalue weighted by Crippen LogP contribution is 2.28. The van der Waals surface area contributed by atoms with Gasteiger partial charge in [0, 0.05) is 36.3 Å². The lowest BCUT2D eigenvalue weighted by atomic mass is 10.1. The van der Waals surface area contributed by atoms with Gasteiger partial charge in [-0.3, -0.25) is 14.6 Å². The highest BCUT2D eigenvalue weighted by Gasteiger charge is 2.32. The Hall–Kier alpha value is -3.48. The van der Waals surface area contributed by atoms with E-state index in [1.165, 1.54) is 12.1 Å². The van der Waals surface area contributed by atoms with Gasteiger partial charge in [0.1, 0.15) is 5.82 Å². The molecule has 0 bridgehead atoms. The smallest absolute Gasteiger partial charge is 0.227 e. The molecule has 4 aromatic rings. The van der Waals surface area contributed by atoms with E-state index in [1.807, 2.05) is 22.0 Å². The van der Waals surface area contributed by atoms with Crippen LogP contribution >= 0.6 is 0 Å². The number of hydrogen-bond acceptors (Lipinski definition) is 3. The third kappa shape index (κ3) is 3.95. The van der Waals surface area contributed by atoms with Crippen molar-refractivity contribution in [3.05, 3.63) is 72.4 Å². The van der Waals surface area contributed by atoms with Crippen LogP contribution < -0.4 is 0 Å². The molecule has 158 valence electrons. The molecule has 1 amide bonds. The molecule has 3 heterocycles. The minimum Gasteiger partial charge on any atom is -0.339 e. The zero-order chi connectivity index (χ0) is 21.4. The molecule has 2 aromatic carbocycles. The van der Waals surface area contributed by atoms with Crippen molar-refractivity contribution in [3.8, 4) is 11.1 Å². The maximum absolute atomic E-state index is 13.4. The zero-order valence-corrected chi connectivity index (χ0v) is 17.3. The normalized spacial score (nSPS) is 18.7. The number of nitrogens with one attached hydrogen (secondary N) is 1. The Morgan fingerprint density at radius 3 is 2.90 bits per heavy atom. The Balaban J connectivity index is 1.27. The lowest BCUT2D eigenvalue weighted by molar-refractivity contribution is -0.131. The predicted octanol–water partition coefficient (Wildman–Crippen LogP) is 4.05. The van der Waals surface area contributed by atoms with Gasteiger partial charge in [-0.25, -0.2) is 4.39 Å². The summed E-state index contributed by atoms with van der Waals surface area (Å²) in [5.74, 6) is 0.0814. The largest absolute Gasteiger partial charge is 0.339 e. The standard InChI is InChI=1S/C24H24FN5O/c1-16-7-18(14-29(16)24(31)9-17-3-2-4-22(25)8-17)15-30-23-6-5-19(10-20(23)13-28-30)21-11-26-27-12-21/h2-6,8,10-13,16,18H,7,9,14-15H2,1H3,(H,26,27). The molecule has 2 aromatic heterocycles. The number of carbonyl (C=O) groups excluding carboxylic acids is 1. The number of fused-ring (bicyclic) bond motifs is 1. The quantitative estimate of drug-likeness (QED) is 0.533. The summed E-state index contributed by atoms with van der Waals surface area (Å²) in [7, 11) is 0. The van der Waals surface area contributed by atoms with E-state index in [-0.39, 0.29) is 24.2 Å². The molecule has 2 unspecified atom stereocenters. The van der Waals surface area contributed by atoms with Crippen LogP contribution in [0.1, 0.15) is 18.9 Å². The fourth-order valence-electron chi connectivity index (χ4n) is 4.61. The predicted molar refractivity (Wildman–Crippen MR) is 117 cm³/mol. The number of amides is 1. The van der Waals surface area contributed by atoms with Crippen molar-refractivity contribution >= 4 is 16.8 Å². The highest BCUT2D eigenvalue weighted by atomic mass is 19.1. The molecule has 1 aliphatic rings. The Labute approximate surface area is 179 Å². The fourth-order valence-corrected chi connectivity index (χ4v) is 4.61. The van der Waals surface area contributed by atoms with Gasteiger partial charge in [0.15, 0.2) is 0 Å². The molecule has 0 aliphatic carbocycles. The van der Waals surface area contributed by atoms with Gasteiger partial charge >= 0.3 is 0 Å². The van der Waals surface area contributed by atoms with Crippen molar-refractivity contribution in [2.24, 2.45) is 5.92 Å². The molecule has 1 N–H and O–H groups in total. The van der Waals surface area contributed by atoms with E-state index in [9.17, 15) is 9.18 Å². The van der Waals surface area contributed by atoms with Gasteiger partial charge < -0.3 is 4.90 Å². The van der Waals surface area contributed by atoms with Gasteiger partial charge in [-0.1, -0.05) is 18.2 Å². The first-order valence-corrected chi connectivity index (χ1v) is 10.6. The number of likely N-dealkylation sites (tertiary alicyclic amines) is 1. The Morgan fingerprint density at radius 1 is 1.19 bits per heavy atom. The summed E-state index contributed by atoms with van der Waals surface area (Å²) >= 11 is 0. The van der Waals surface area contributed by atoms with Crippen LogP contribution in [0.4, 0.5) is 4.39 Å². The summed E-state index contributed by atoms with van der Waals surface area (Å²) in [5.41, 5.74) is 3.95. The van der Waals surface area contributed by atoms with Crippen LogP contribution in [0.5, 0.6) is 0 Å². The number of hydrogen-bond donors (Lipinski definition) is 1. The SMILES string of the molecule is CC1CC(Cn2ncc3cc(-c4cn[nH]c4)ccc32)CN1C(=O)Cc1cccc(F)c1. The second kappa shape index (κ2) is 7.98. The topological polar surface area (TPSA) is 66.8 Å². The molecule has 6 nitrogen and oxygen atoms in total. The molecule has 0 saturated carbocycles. The fraction of sp³-hybridized carbons (Fsp3) is 0.292. The summed E-state index contributed by atoms with van der Waals surface area (Å²) in [4.78, 5) is 14.7. The van der Waals surface area contributed by atoms with E-state index in [4.69, 9.17) is 0 Å². The van der Waals surface area contributed by atoms with Crippen LogP contribution in [0.25, 0.3) is 22.0 Å². The number of aromatic amines is 1. The lowest BCUT2D eigenvalue weighted by Crippen LogP contribution is -2.35. The molecule has 5 rings (SSSR count). The van der Waals surface area contributed by atoms with Crippen molar-refractivity contribution in [1.82, 2.24) is 24.9 Å². The van der Waals surface area contributed by atoms with Crippen molar-refractivity contribution in [1.29, 1.82) is 0 Å². The number of carbonyl (C=O) groups is 1. The van der Waals surface area contributed by atoms with Crippen LogP contribution in [0.3, 0.4) is 0 Å². The Bertz CT molecular complexity index is 1220. The maximum Gasteiger partial charge on any atom is 0.227 e. The van der Waals surface area contributed by atoms with E-state index in [0.717, 1.165) is 35.0 Å². The number of H-pyrrole nitrogens is 1. The highest BCUT2D eigenvalue weighted by molar-refractivity contribution is 5.84. The van der Waals surface area contributed by atoms with Gasteiger partial charge in [0.25, 0.3) is 0 Å². The van der Waals surface area contributed by atoms with E-state index in [1.54, 1.807) is 18.3 Å². The van der Waals surface area contributed by atoms with Gasteiger partial charge in [-0.2, -0.15) is 10.2 Å². The molecule has 31 heavy (non-hydrogen) atoms. The van der Waals surface area contributed by atoms with Crippen LogP contribution in [0, 0.1) is 11.7 Å². The average molecular weight is 417 g/mol. The average Bonchev–Trinajstić information content (AvgIpc) is 3.49. The number of benzene rings is 2. The first kappa shape index (κ1) is 19.5. The molecule has 1 aliphatic heterocycles. The molecule has 0 spiro atoms. The van der Waals surface area contributed by atoms with Crippen molar-refractivity contribution < 1.29 is 9.18 Å². The second-order valence-corrected chi connectivity index (χ2v) is 8.39. The number of aromatic nitrogens is 4. The van der Waals surface area contributed by atoms with Crippen LogP contribution in [0.2, 0.25) is 0 Å². The Morgan fingerprint density at radius 2 is 2.10 bits per heavy atom. The first-order valence-electron chi connectivity index (χ1n) is 10.6. The third-order valence-electron chi connectivity index (χ3n) is 6.13. The minimum atomic E-state index is -0.306. The van der Waals surface area contributed by atoms with Crippen LogP contribution in [-0.2, 0) is 17.8 Å². The molecule has 1 fully saturated rings. The summed E-state index contributed by atoms with van der Waals surface area (Å²) < 4.78 is 15.5. The number of rotatable bonds is 5. The van der Waals surface area contributed by atoms with Crippen LogP contribution in [0.15, 0.2) is 61.1 Å². The van der Waals surface area contributed by atoms with Crippen LogP contribution in [-0.4, -0.2) is 43.4 Å². The van der Waals surface area contributed by atoms with E-state index in [0.29, 0.717) is 18.0 Å². The molecule has 7 heteroatoms. The van der Waals surface area contributed by atoms with E-state index in [2.05, 4.69) is 40.4 Å². The van der Waals surface area contributed by atoms with Crippen molar-refractivity contribution in [2.75, 3.05) is 6.54 Å². The summed E-state index contributed by atoms with van der Waals surface area (Å²) in [5, 5.41) is 12.5. The van der Waals surface area contributed by atoms with Gasteiger partial charge in [0.05, 0.1) is 24.3 Å². The van der Waals surface area contributed by atoms with Gasteiger partial charge in [-0.15, -0.1) is 0 Å². The first-order chi connectivity index (χ1) is 15.1. The molecule has 0 radical (unpaired) electrons. The minimum absolute atomic E-state index is 0.0516. The Kier molecular flexibility index (Phi) is 5.02. The lowest BCUT2D eigenvalue weighted by Gasteiger charge is -2.21. The summed E-state index contributed by atoms with van der Waals surface area (Å²) in [6.45, 7) is 3.55. The maximum atomic E-state index is 13.4. The second-order valence-electron chi connectivity index (χ2n) is 8.39. The van der Waals surface area contributed by atoms with E-state index < -0.39 is 0 Å². The van der Waals surface area contributed by atoms with E-state index >= 15 is 0 Å². The monoisotopic (exact) mass is 417 g/mol.